The molecule has 0 amide bonds. The van der Waals surface area contributed by atoms with Crippen LogP contribution in [0.3, 0.4) is 0 Å². The largest absolute Gasteiger partial charge is 0.423 e. The third-order valence-corrected chi connectivity index (χ3v) is 4.58. The lowest BCUT2D eigenvalue weighted by Crippen LogP contribution is -2.40. The van der Waals surface area contributed by atoms with E-state index in [1.807, 2.05) is 0 Å². The molecule has 0 aliphatic carbocycles. The van der Waals surface area contributed by atoms with Crippen molar-refractivity contribution in [3.63, 3.8) is 0 Å². The molecule has 0 N–H and O–H groups in total. The van der Waals surface area contributed by atoms with E-state index in [-0.39, 0.29) is 0 Å². The lowest BCUT2D eigenvalue weighted by Gasteiger charge is -2.18. The third-order valence-electron chi connectivity index (χ3n) is 2.74. The first-order chi connectivity index (χ1) is 8.72. The van der Waals surface area contributed by atoms with Gasteiger partial charge in [0.15, 0.2) is 0 Å². The van der Waals surface area contributed by atoms with E-state index in [4.69, 9.17) is 8.85 Å². The number of rotatable bonds is 8. The monoisotopic (exact) mass is 265 g/mol. The molecular weight excluding hydrogens is 240 g/mol. The third kappa shape index (κ3) is 4.56. The van der Waals surface area contributed by atoms with E-state index >= 15 is 0 Å². The molecule has 0 aliphatic heterocycles. The predicted octanol–water partition coefficient (Wildman–Crippen LogP) is 3.11. The maximum absolute atomic E-state index is 5.96. The maximum Gasteiger partial charge on any atom is 0.423 e. The van der Waals surface area contributed by atoms with E-state index in [2.05, 4.69) is 45.9 Å². The quantitative estimate of drug-likeness (QED) is 0.672. The van der Waals surface area contributed by atoms with Crippen LogP contribution in [0.1, 0.15) is 44.7 Å². The zero-order valence-corrected chi connectivity index (χ0v) is 13.1. The second-order valence-electron chi connectivity index (χ2n) is 4.50. The number of aryl methyl sites for hydroxylation is 2. The minimum absolute atomic E-state index is 0.787. The van der Waals surface area contributed by atoms with Crippen molar-refractivity contribution in [1.82, 2.24) is 0 Å². The van der Waals surface area contributed by atoms with Crippen molar-refractivity contribution >= 4 is 14.5 Å². The summed E-state index contributed by atoms with van der Waals surface area (Å²) in [5, 5.41) is 1.30. The zero-order valence-electron chi connectivity index (χ0n) is 12.1. The standard InChI is InChI=1S/C15H25O2Si/c1-5-10-16-18(17-11-6-2)15-12-13(4)8-9-14(15)7-3/h8-9,12H,5-7,10-11H2,1-4H3. The molecule has 0 bridgehead atoms. The van der Waals surface area contributed by atoms with Crippen LogP contribution in [0, 0.1) is 6.92 Å². The van der Waals surface area contributed by atoms with Crippen molar-refractivity contribution < 1.29 is 8.85 Å². The fourth-order valence-electron chi connectivity index (χ4n) is 1.78. The summed E-state index contributed by atoms with van der Waals surface area (Å²) in [5.74, 6) is 0. The Morgan fingerprint density at radius 3 is 2.11 bits per heavy atom. The van der Waals surface area contributed by atoms with Crippen LogP contribution < -0.4 is 5.19 Å². The normalized spacial score (nSPS) is 11.2. The molecule has 0 fully saturated rings. The fourth-order valence-corrected chi connectivity index (χ4v) is 3.82. The highest BCUT2D eigenvalue weighted by molar-refractivity contribution is 6.61. The zero-order chi connectivity index (χ0) is 13.4. The van der Waals surface area contributed by atoms with E-state index in [0.29, 0.717) is 0 Å². The summed E-state index contributed by atoms with van der Waals surface area (Å²) >= 11 is 0. The molecule has 101 valence electrons. The SMILES string of the molecule is CCCO[Si](OCCC)c1cc(C)ccc1CC. The summed E-state index contributed by atoms with van der Waals surface area (Å²) in [5.41, 5.74) is 2.64. The van der Waals surface area contributed by atoms with Gasteiger partial charge < -0.3 is 8.85 Å². The molecule has 0 aliphatic rings. The van der Waals surface area contributed by atoms with Crippen LogP contribution in [0.2, 0.25) is 0 Å². The van der Waals surface area contributed by atoms with Crippen molar-refractivity contribution in [2.24, 2.45) is 0 Å². The van der Waals surface area contributed by atoms with Gasteiger partial charge in [-0.15, -0.1) is 0 Å². The summed E-state index contributed by atoms with van der Waals surface area (Å²) in [6.07, 6.45) is 3.11. The van der Waals surface area contributed by atoms with Crippen molar-refractivity contribution in [3.05, 3.63) is 29.3 Å². The van der Waals surface area contributed by atoms with Crippen LogP contribution in [0.4, 0.5) is 0 Å². The van der Waals surface area contributed by atoms with E-state index in [9.17, 15) is 0 Å². The number of hydrogen-bond donors (Lipinski definition) is 0. The highest BCUT2D eigenvalue weighted by Gasteiger charge is 2.21. The molecule has 3 heteroatoms. The minimum atomic E-state index is -1.31. The molecule has 0 atom stereocenters. The van der Waals surface area contributed by atoms with Crippen LogP contribution in [-0.2, 0) is 15.3 Å². The topological polar surface area (TPSA) is 18.5 Å². The van der Waals surface area contributed by atoms with Gasteiger partial charge in [0.05, 0.1) is 0 Å². The molecule has 0 unspecified atom stereocenters. The lowest BCUT2D eigenvalue weighted by atomic mass is 10.1. The highest BCUT2D eigenvalue weighted by atomic mass is 28.3. The van der Waals surface area contributed by atoms with E-state index < -0.39 is 9.28 Å². The molecule has 0 heterocycles. The minimum Gasteiger partial charge on any atom is -0.390 e. The van der Waals surface area contributed by atoms with E-state index in [1.54, 1.807) is 0 Å². The van der Waals surface area contributed by atoms with Crippen LogP contribution in [0.5, 0.6) is 0 Å². The predicted molar refractivity (Wildman–Crippen MR) is 78.4 cm³/mol. The highest BCUT2D eigenvalue weighted by Crippen LogP contribution is 2.06. The van der Waals surface area contributed by atoms with Gasteiger partial charge in [-0.1, -0.05) is 44.5 Å². The Morgan fingerprint density at radius 1 is 1.00 bits per heavy atom. The Kier molecular flexibility index (Phi) is 7.24. The number of benzene rings is 1. The Labute approximate surface area is 113 Å². The van der Waals surface area contributed by atoms with Gasteiger partial charge in [-0.3, -0.25) is 0 Å². The van der Waals surface area contributed by atoms with Crippen molar-refractivity contribution in [3.8, 4) is 0 Å². The van der Waals surface area contributed by atoms with Crippen molar-refractivity contribution in [1.29, 1.82) is 0 Å². The van der Waals surface area contributed by atoms with Gasteiger partial charge >= 0.3 is 9.28 Å². The van der Waals surface area contributed by atoms with Crippen LogP contribution in [-0.4, -0.2) is 22.5 Å². The lowest BCUT2D eigenvalue weighted by molar-refractivity contribution is 0.207. The molecule has 2 nitrogen and oxygen atoms in total. The summed E-state index contributed by atoms with van der Waals surface area (Å²) in [7, 11) is -1.31. The first kappa shape index (κ1) is 15.4. The summed E-state index contributed by atoms with van der Waals surface area (Å²) < 4.78 is 11.9. The molecule has 1 radical (unpaired) electrons. The molecule has 18 heavy (non-hydrogen) atoms. The molecule has 1 aromatic rings. The van der Waals surface area contributed by atoms with Crippen molar-refractivity contribution in [2.45, 2.75) is 47.0 Å². The molecule has 0 spiro atoms. The number of hydrogen-bond acceptors (Lipinski definition) is 2. The van der Waals surface area contributed by atoms with Crippen LogP contribution in [0.25, 0.3) is 0 Å². The van der Waals surface area contributed by atoms with Crippen LogP contribution in [0.15, 0.2) is 18.2 Å². The first-order valence-corrected chi connectivity index (χ1v) is 8.27. The summed E-state index contributed by atoms with van der Waals surface area (Å²) in [4.78, 5) is 0. The molecule has 0 aromatic heterocycles. The van der Waals surface area contributed by atoms with Gasteiger partial charge in [0.25, 0.3) is 0 Å². The average Bonchev–Trinajstić information content (AvgIpc) is 2.39. The fraction of sp³-hybridized carbons (Fsp3) is 0.600. The van der Waals surface area contributed by atoms with E-state index in [0.717, 1.165) is 32.5 Å². The second kappa shape index (κ2) is 8.46. The molecule has 1 rings (SSSR count). The summed E-state index contributed by atoms with van der Waals surface area (Å²) in [6, 6.07) is 6.61. The maximum atomic E-state index is 5.96. The van der Waals surface area contributed by atoms with E-state index in [1.165, 1.54) is 16.3 Å². The Balaban J connectivity index is 2.90. The Hall–Kier alpha value is -0.643. The van der Waals surface area contributed by atoms with Gasteiger partial charge in [0.2, 0.25) is 0 Å². The summed E-state index contributed by atoms with van der Waals surface area (Å²) in [6.45, 7) is 10.2. The molecule has 0 saturated heterocycles. The van der Waals surface area contributed by atoms with Gasteiger partial charge in [-0.05, 0) is 36.9 Å². The van der Waals surface area contributed by atoms with Gasteiger partial charge in [-0.2, -0.15) is 0 Å². The Morgan fingerprint density at radius 2 is 1.61 bits per heavy atom. The smallest absolute Gasteiger partial charge is 0.390 e. The first-order valence-electron chi connectivity index (χ1n) is 6.95. The van der Waals surface area contributed by atoms with Crippen LogP contribution >= 0.6 is 0 Å². The van der Waals surface area contributed by atoms with Crippen molar-refractivity contribution in [2.75, 3.05) is 13.2 Å². The van der Waals surface area contributed by atoms with Gasteiger partial charge in [-0.25, -0.2) is 0 Å². The Bertz CT molecular complexity index is 344. The second-order valence-corrected chi connectivity index (χ2v) is 6.19. The molecular formula is C15H25O2Si. The molecule has 0 saturated carbocycles. The van der Waals surface area contributed by atoms with Gasteiger partial charge in [0.1, 0.15) is 0 Å². The average molecular weight is 265 g/mol. The van der Waals surface area contributed by atoms with Gasteiger partial charge in [0, 0.05) is 13.2 Å². The molecule has 1 aromatic carbocycles.